The molecule has 1 aliphatic rings. The quantitative estimate of drug-likeness (QED) is 0.355. The average molecular weight is 526 g/mol. The van der Waals surface area contributed by atoms with E-state index >= 15 is 0 Å². The minimum atomic E-state index is -3.47. The SMILES string of the molecule is NCc1ccc(C=CCS(=O)(=O)N2CCc3cc(-c4cc(C(N)=O)c(NC(N)=O)s4)ccc3C2)cc1. The Morgan fingerprint density at radius 1 is 1.06 bits per heavy atom. The van der Waals surface area contributed by atoms with Crippen molar-refractivity contribution in [1.82, 2.24) is 4.31 Å². The Morgan fingerprint density at radius 2 is 1.81 bits per heavy atom. The molecule has 0 fully saturated rings. The summed E-state index contributed by atoms with van der Waals surface area (Å²) in [4.78, 5) is 23.8. The van der Waals surface area contributed by atoms with E-state index in [-0.39, 0.29) is 11.3 Å². The molecule has 3 aromatic rings. The van der Waals surface area contributed by atoms with Gasteiger partial charge in [0.1, 0.15) is 5.00 Å². The fraction of sp³-hybridized carbons (Fsp3) is 0.200. The zero-order valence-corrected chi connectivity index (χ0v) is 21.1. The highest BCUT2D eigenvalue weighted by Crippen LogP contribution is 2.37. The number of hydrogen-bond acceptors (Lipinski definition) is 6. The lowest BCUT2D eigenvalue weighted by Crippen LogP contribution is -2.37. The van der Waals surface area contributed by atoms with Crippen LogP contribution < -0.4 is 22.5 Å². The molecule has 1 aromatic heterocycles. The Balaban J connectivity index is 1.47. The molecule has 188 valence electrons. The summed E-state index contributed by atoms with van der Waals surface area (Å²) in [6.07, 6.45) is 4.02. The standard InChI is InChI=1S/C25H27N5O4S2/c26-14-17-5-3-16(4-6-17)2-1-11-36(33,34)30-10-9-18-12-19(7-8-20(18)15-30)22-13-21(23(27)31)24(35-22)29-25(28)32/h1-8,12-13H,9-11,14-15,26H2,(H2,27,31)(H3,28,29,32). The van der Waals surface area contributed by atoms with Gasteiger partial charge in [-0.1, -0.05) is 48.6 Å². The molecule has 4 rings (SSSR count). The number of nitrogens with one attached hydrogen (secondary N) is 1. The van der Waals surface area contributed by atoms with E-state index in [4.69, 9.17) is 17.2 Å². The van der Waals surface area contributed by atoms with Gasteiger partial charge in [0, 0.05) is 24.5 Å². The van der Waals surface area contributed by atoms with Crippen molar-refractivity contribution in [2.75, 3.05) is 17.6 Å². The molecular weight excluding hydrogens is 498 g/mol. The molecule has 2 aromatic carbocycles. The van der Waals surface area contributed by atoms with Crippen molar-refractivity contribution in [2.24, 2.45) is 17.2 Å². The summed E-state index contributed by atoms with van der Waals surface area (Å²) in [5.74, 6) is -0.749. The summed E-state index contributed by atoms with van der Waals surface area (Å²) in [5.41, 5.74) is 21.2. The fourth-order valence-corrected chi connectivity index (χ4v) is 6.33. The van der Waals surface area contributed by atoms with Crippen LogP contribution in [0.15, 0.2) is 54.6 Å². The third-order valence-corrected chi connectivity index (χ3v) is 8.74. The van der Waals surface area contributed by atoms with E-state index in [1.165, 1.54) is 15.6 Å². The Kier molecular flexibility index (Phi) is 7.55. The van der Waals surface area contributed by atoms with Crippen molar-refractivity contribution >= 4 is 44.4 Å². The summed E-state index contributed by atoms with van der Waals surface area (Å²) < 4.78 is 27.4. The summed E-state index contributed by atoms with van der Waals surface area (Å²) in [5, 5.41) is 2.73. The van der Waals surface area contributed by atoms with Crippen molar-refractivity contribution < 1.29 is 18.0 Å². The smallest absolute Gasteiger partial charge is 0.317 e. The van der Waals surface area contributed by atoms with Crippen molar-refractivity contribution in [2.45, 2.75) is 19.5 Å². The number of carbonyl (C=O) groups excluding carboxylic acids is 2. The maximum atomic E-state index is 12.9. The van der Waals surface area contributed by atoms with Gasteiger partial charge in [-0.2, -0.15) is 4.31 Å². The number of urea groups is 1. The summed E-state index contributed by atoms with van der Waals surface area (Å²) in [7, 11) is -3.47. The first-order chi connectivity index (χ1) is 17.2. The second-order valence-corrected chi connectivity index (χ2v) is 11.5. The van der Waals surface area contributed by atoms with Crippen LogP contribution in [0, 0.1) is 0 Å². The molecule has 3 amide bonds. The Bertz CT molecular complexity index is 1430. The topological polar surface area (TPSA) is 162 Å². The first-order valence-electron chi connectivity index (χ1n) is 11.2. The maximum Gasteiger partial charge on any atom is 0.317 e. The molecule has 0 aliphatic carbocycles. The normalized spacial score (nSPS) is 14.0. The predicted octanol–water partition coefficient (Wildman–Crippen LogP) is 2.86. The van der Waals surface area contributed by atoms with E-state index in [0.29, 0.717) is 31.1 Å². The molecule has 9 nitrogen and oxygen atoms in total. The molecule has 0 saturated carbocycles. The van der Waals surface area contributed by atoms with Crippen LogP contribution in [0.1, 0.15) is 32.6 Å². The number of anilines is 1. The lowest BCUT2D eigenvalue weighted by Gasteiger charge is -2.28. The molecule has 0 spiro atoms. The highest BCUT2D eigenvalue weighted by Gasteiger charge is 2.26. The van der Waals surface area contributed by atoms with Gasteiger partial charge in [-0.15, -0.1) is 11.3 Å². The lowest BCUT2D eigenvalue weighted by atomic mass is 9.98. The fourth-order valence-electron chi connectivity index (χ4n) is 4.01. The number of carbonyl (C=O) groups is 2. The van der Waals surface area contributed by atoms with E-state index in [9.17, 15) is 18.0 Å². The Morgan fingerprint density at radius 3 is 2.47 bits per heavy atom. The number of hydrogen-bond donors (Lipinski definition) is 4. The van der Waals surface area contributed by atoms with E-state index in [0.717, 1.165) is 32.7 Å². The molecule has 36 heavy (non-hydrogen) atoms. The third-order valence-electron chi connectivity index (χ3n) is 5.93. The monoisotopic (exact) mass is 525 g/mol. The highest BCUT2D eigenvalue weighted by atomic mass is 32.2. The maximum absolute atomic E-state index is 12.9. The van der Waals surface area contributed by atoms with Crippen LogP contribution in [0.3, 0.4) is 0 Å². The second-order valence-electron chi connectivity index (χ2n) is 8.40. The van der Waals surface area contributed by atoms with Crippen LogP contribution in [0.5, 0.6) is 0 Å². The second kappa shape index (κ2) is 10.6. The average Bonchev–Trinajstić information content (AvgIpc) is 3.27. The summed E-state index contributed by atoms with van der Waals surface area (Å²) in [6.45, 7) is 1.14. The largest absolute Gasteiger partial charge is 0.366 e. The number of primary amides is 2. The van der Waals surface area contributed by atoms with Gasteiger partial charge in [-0.25, -0.2) is 13.2 Å². The number of fused-ring (bicyclic) bond motifs is 1. The molecule has 11 heteroatoms. The number of sulfonamides is 1. The molecule has 0 atom stereocenters. The number of benzene rings is 2. The van der Waals surface area contributed by atoms with Crippen LogP contribution >= 0.6 is 11.3 Å². The van der Waals surface area contributed by atoms with E-state index < -0.39 is 22.0 Å². The van der Waals surface area contributed by atoms with Crippen molar-refractivity contribution in [1.29, 1.82) is 0 Å². The van der Waals surface area contributed by atoms with Gasteiger partial charge in [0.2, 0.25) is 10.0 Å². The van der Waals surface area contributed by atoms with Crippen molar-refractivity contribution in [3.05, 3.63) is 82.4 Å². The van der Waals surface area contributed by atoms with E-state index in [2.05, 4.69) is 5.32 Å². The van der Waals surface area contributed by atoms with Crippen LogP contribution in [-0.4, -0.2) is 37.0 Å². The van der Waals surface area contributed by atoms with Crippen LogP contribution in [0.4, 0.5) is 9.80 Å². The molecule has 0 saturated heterocycles. The van der Waals surface area contributed by atoms with Gasteiger partial charge < -0.3 is 17.2 Å². The molecule has 0 unspecified atom stereocenters. The molecule has 2 heterocycles. The van der Waals surface area contributed by atoms with Crippen LogP contribution in [-0.2, 0) is 29.5 Å². The zero-order valence-electron chi connectivity index (χ0n) is 19.4. The van der Waals surface area contributed by atoms with Gasteiger partial charge in [0.05, 0.1) is 11.3 Å². The minimum absolute atomic E-state index is 0.0835. The molecule has 0 bridgehead atoms. The van der Waals surface area contributed by atoms with Gasteiger partial charge in [0.15, 0.2) is 0 Å². The molecule has 0 radical (unpaired) electrons. The van der Waals surface area contributed by atoms with Crippen LogP contribution in [0.2, 0.25) is 0 Å². The summed E-state index contributed by atoms with van der Waals surface area (Å²) >= 11 is 1.20. The van der Waals surface area contributed by atoms with Gasteiger partial charge in [-0.3, -0.25) is 10.1 Å². The van der Waals surface area contributed by atoms with Gasteiger partial charge in [-0.05, 0) is 46.4 Å². The molecular formula is C25H27N5O4S2. The number of rotatable bonds is 8. The zero-order chi connectivity index (χ0) is 25.9. The van der Waals surface area contributed by atoms with E-state index in [1.54, 1.807) is 18.2 Å². The number of nitrogens with two attached hydrogens (primary N) is 3. The third kappa shape index (κ3) is 5.82. The number of nitrogens with zero attached hydrogens (tertiary/aromatic N) is 1. The van der Waals surface area contributed by atoms with Gasteiger partial charge in [0.25, 0.3) is 5.91 Å². The van der Waals surface area contributed by atoms with Crippen molar-refractivity contribution in [3.8, 4) is 10.4 Å². The molecule has 1 aliphatic heterocycles. The number of thiophene rings is 1. The van der Waals surface area contributed by atoms with Crippen LogP contribution in [0.25, 0.3) is 16.5 Å². The Hall–Kier alpha value is -3.51. The first kappa shape index (κ1) is 25.6. The predicted molar refractivity (Wildman–Crippen MR) is 143 cm³/mol. The number of amides is 3. The summed E-state index contributed by atoms with van der Waals surface area (Å²) in [6, 6.07) is 14.2. The van der Waals surface area contributed by atoms with Crippen molar-refractivity contribution in [3.63, 3.8) is 0 Å². The van der Waals surface area contributed by atoms with E-state index in [1.807, 2.05) is 42.5 Å². The minimum Gasteiger partial charge on any atom is -0.366 e. The highest BCUT2D eigenvalue weighted by molar-refractivity contribution is 7.89. The Labute approximate surface area is 213 Å². The first-order valence-corrected chi connectivity index (χ1v) is 13.6. The van der Waals surface area contributed by atoms with Gasteiger partial charge >= 0.3 is 6.03 Å². The molecule has 7 N–H and O–H groups in total. The lowest BCUT2D eigenvalue weighted by molar-refractivity contribution is 0.100.